The van der Waals surface area contributed by atoms with Crippen LogP contribution in [-0.4, -0.2) is 36.4 Å². The van der Waals surface area contributed by atoms with Crippen LogP contribution in [0.4, 0.5) is 0 Å². The summed E-state index contributed by atoms with van der Waals surface area (Å²) in [4.78, 5) is 13.7. The molecular weight excluding hydrogens is 238 g/mol. The highest BCUT2D eigenvalue weighted by Gasteiger charge is 2.35. The van der Waals surface area contributed by atoms with Gasteiger partial charge in [0.15, 0.2) is 0 Å². The molecule has 3 atom stereocenters. The van der Waals surface area contributed by atoms with Gasteiger partial charge in [-0.05, 0) is 31.9 Å². The van der Waals surface area contributed by atoms with Crippen LogP contribution in [0.1, 0.15) is 27.4 Å². The van der Waals surface area contributed by atoms with Gasteiger partial charge in [-0.1, -0.05) is 0 Å². The number of hydrogen-bond donors (Lipinski definition) is 2. The van der Waals surface area contributed by atoms with Crippen LogP contribution >= 0.6 is 11.3 Å². The van der Waals surface area contributed by atoms with Crippen molar-refractivity contribution in [1.82, 2.24) is 5.32 Å². The first-order valence-electron chi connectivity index (χ1n) is 5.70. The predicted molar refractivity (Wildman–Crippen MR) is 66.3 cm³/mol. The highest BCUT2D eigenvalue weighted by molar-refractivity contribution is 7.13. The number of rotatable bonds is 3. The normalized spacial score (nSPS) is 28.3. The van der Waals surface area contributed by atoms with Crippen LogP contribution < -0.4 is 5.32 Å². The summed E-state index contributed by atoms with van der Waals surface area (Å²) in [5.74, 6) is -0.107. The summed E-state index contributed by atoms with van der Waals surface area (Å²) >= 11 is 1.46. The minimum Gasteiger partial charge on any atom is -0.388 e. The van der Waals surface area contributed by atoms with Crippen LogP contribution in [-0.2, 0) is 4.74 Å². The molecule has 1 aromatic rings. The average Bonchev–Trinajstić information content (AvgIpc) is 2.87. The molecule has 2 rings (SSSR count). The van der Waals surface area contributed by atoms with Crippen molar-refractivity contribution in [1.29, 1.82) is 0 Å². The number of methoxy groups -OCH3 is 1. The summed E-state index contributed by atoms with van der Waals surface area (Å²) < 4.78 is 5.15. The molecule has 1 saturated carbocycles. The molecule has 94 valence electrons. The largest absolute Gasteiger partial charge is 0.388 e. The van der Waals surface area contributed by atoms with Gasteiger partial charge < -0.3 is 15.2 Å². The Morgan fingerprint density at radius 2 is 2.29 bits per heavy atom. The summed E-state index contributed by atoms with van der Waals surface area (Å²) in [6.45, 7) is 1.97. The second-order valence-corrected chi connectivity index (χ2v) is 5.62. The Morgan fingerprint density at radius 3 is 2.82 bits per heavy atom. The van der Waals surface area contributed by atoms with Gasteiger partial charge in [0.1, 0.15) is 6.10 Å². The van der Waals surface area contributed by atoms with Crippen LogP contribution in [0.2, 0.25) is 0 Å². The molecule has 0 radical (unpaired) electrons. The number of aryl methyl sites for hydroxylation is 1. The number of hydrogen-bond acceptors (Lipinski definition) is 4. The molecule has 0 aliphatic heterocycles. The minimum absolute atomic E-state index is 0.107. The number of aliphatic hydroxyl groups is 1. The molecule has 1 heterocycles. The molecule has 17 heavy (non-hydrogen) atoms. The quantitative estimate of drug-likeness (QED) is 0.856. The number of aliphatic hydroxyl groups excluding tert-OH is 1. The Bertz CT molecular complexity index is 404. The van der Waals surface area contributed by atoms with E-state index in [1.165, 1.54) is 11.3 Å². The molecular formula is C12H17NO3S. The van der Waals surface area contributed by atoms with Crippen LogP contribution in [0.15, 0.2) is 12.1 Å². The lowest BCUT2D eigenvalue weighted by atomic mass is 10.2. The average molecular weight is 255 g/mol. The zero-order valence-electron chi connectivity index (χ0n) is 9.97. The van der Waals surface area contributed by atoms with E-state index in [-0.39, 0.29) is 18.1 Å². The van der Waals surface area contributed by atoms with Crippen LogP contribution in [0.3, 0.4) is 0 Å². The van der Waals surface area contributed by atoms with E-state index in [2.05, 4.69) is 5.32 Å². The fourth-order valence-electron chi connectivity index (χ4n) is 2.16. The molecule has 0 spiro atoms. The van der Waals surface area contributed by atoms with E-state index in [0.717, 1.165) is 17.7 Å². The van der Waals surface area contributed by atoms with Crippen molar-refractivity contribution in [3.63, 3.8) is 0 Å². The molecule has 1 amide bonds. The molecule has 4 nitrogen and oxygen atoms in total. The van der Waals surface area contributed by atoms with Crippen molar-refractivity contribution >= 4 is 17.2 Å². The lowest BCUT2D eigenvalue weighted by Crippen LogP contribution is -2.43. The highest BCUT2D eigenvalue weighted by Crippen LogP contribution is 2.23. The van der Waals surface area contributed by atoms with Gasteiger partial charge in [-0.15, -0.1) is 11.3 Å². The standard InChI is InChI=1S/C12H17NO3S/c1-7-3-6-10(17-7)12(15)13-8-4-5-9(16-2)11(8)14/h3,6,8-9,11,14H,4-5H2,1-2H3,(H,13,15)/t8-,9-,11-/m1/s1. The number of ether oxygens (including phenoxy) is 1. The number of thiophene rings is 1. The summed E-state index contributed by atoms with van der Waals surface area (Å²) in [5, 5.41) is 12.8. The maximum atomic E-state index is 11.9. The van der Waals surface area contributed by atoms with E-state index < -0.39 is 6.10 Å². The molecule has 0 bridgehead atoms. The fourth-order valence-corrected chi connectivity index (χ4v) is 2.93. The molecule has 1 aromatic heterocycles. The number of carbonyl (C=O) groups excluding carboxylic acids is 1. The van der Waals surface area contributed by atoms with Crippen LogP contribution in [0.5, 0.6) is 0 Å². The van der Waals surface area contributed by atoms with Gasteiger partial charge in [0.25, 0.3) is 5.91 Å². The fraction of sp³-hybridized carbons (Fsp3) is 0.583. The number of carbonyl (C=O) groups is 1. The molecule has 1 fully saturated rings. The topological polar surface area (TPSA) is 58.6 Å². The zero-order chi connectivity index (χ0) is 12.4. The SMILES string of the molecule is CO[C@@H]1CC[C@@H](NC(=O)c2ccc(C)s2)[C@H]1O. The van der Waals surface area contributed by atoms with Gasteiger partial charge in [0.05, 0.1) is 17.0 Å². The predicted octanol–water partition coefficient (Wildman–Crippen LogP) is 1.32. The second-order valence-electron chi connectivity index (χ2n) is 4.33. The van der Waals surface area contributed by atoms with Gasteiger partial charge in [-0.2, -0.15) is 0 Å². The zero-order valence-corrected chi connectivity index (χ0v) is 10.8. The van der Waals surface area contributed by atoms with Crippen LogP contribution in [0.25, 0.3) is 0 Å². The highest BCUT2D eigenvalue weighted by atomic mass is 32.1. The van der Waals surface area contributed by atoms with Gasteiger partial charge in [-0.3, -0.25) is 4.79 Å². The van der Waals surface area contributed by atoms with Gasteiger partial charge >= 0.3 is 0 Å². The van der Waals surface area contributed by atoms with Crippen molar-refractivity contribution in [3.8, 4) is 0 Å². The van der Waals surface area contributed by atoms with Crippen LogP contribution in [0, 0.1) is 6.92 Å². The summed E-state index contributed by atoms with van der Waals surface area (Å²) in [6.07, 6.45) is 0.775. The van der Waals surface area contributed by atoms with E-state index >= 15 is 0 Å². The summed E-state index contributed by atoms with van der Waals surface area (Å²) in [7, 11) is 1.58. The van der Waals surface area contributed by atoms with Crippen molar-refractivity contribution in [2.45, 2.75) is 38.0 Å². The Hall–Kier alpha value is -0.910. The first-order chi connectivity index (χ1) is 8.11. The van der Waals surface area contributed by atoms with E-state index in [4.69, 9.17) is 4.74 Å². The Labute approximate surface area is 105 Å². The van der Waals surface area contributed by atoms with Gasteiger partial charge in [0, 0.05) is 12.0 Å². The molecule has 0 unspecified atom stereocenters. The van der Waals surface area contributed by atoms with Crippen molar-refractivity contribution in [3.05, 3.63) is 21.9 Å². The maximum absolute atomic E-state index is 11.9. The third-order valence-electron chi connectivity index (χ3n) is 3.14. The smallest absolute Gasteiger partial charge is 0.261 e. The molecule has 1 aliphatic carbocycles. The second kappa shape index (κ2) is 5.16. The van der Waals surface area contributed by atoms with Gasteiger partial charge in [-0.25, -0.2) is 0 Å². The summed E-state index contributed by atoms with van der Waals surface area (Å²) in [6, 6.07) is 3.53. The first-order valence-corrected chi connectivity index (χ1v) is 6.51. The van der Waals surface area contributed by atoms with Crippen molar-refractivity contribution in [2.24, 2.45) is 0 Å². The third-order valence-corrected chi connectivity index (χ3v) is 4.14. The van der Waals surface area contributed by atoms with E-state index in [0.29, 0.717) is 4.88 Å². The van der Waals surface area contributed by atoms with E-state index in [1.807, 2.05) is 19.1 Å². The van der Waals surface area contributed by atoms with E-state index in [1.54, 1.807) is 7.11 Å². The lowest BCUT2D eigenvalue weighted by molar-refractivity contribution is 0.000230. The Morgan fingerprint density at radius 1 is 1.53 bits per heavy atom. The van der Waals surface area contributed by atoms with Crippen molar-refractivity contribution < 1.29 is 14.6 Å². The minimum atomic E-state index is -0.606. The summed E-state index contributed by atoms with van der Waals surface area (Å²) in [5.41, 5.74) is 0. The number of amides is 1. The Balaban J connectivity index is 1.96. The van der Waals surface area contributed by atoms with Gasteiger partial charge in [0.2, 0.25) is 0 Å². The third kappa shape index (κ3) is 2.68. The monoisotopic (exact) mass is 255 g/mol. The van der Waals surface area contributed by atoms with Crippen molar-refractivity contribution in [2.75, 3.05) is 7.11 Å². The van der Waals surface area contributed by atoms with E-state index in [9.17, 15) is 9.90 Å². The molecule has 2 N–H and O–H groups in total. The lowest BCUT2D eigenvalue weighted by Gasteiger charge is -2.19. The molecule has 0 saturated heterocycles. The molecule has 5 heteroatoms. The number of nitrogens with one attached hydrogen (secondary N) is 1. The molecule has 1 aliphatic rings. The maximum Gasteiger partial charge on any atom is 0.261 e. The molecule has 0 aromatic carbocycles. The first kappa shape index (κ1) is 12.5. The Kier molecular flexibility index (Phi) is 3.81.